The molecule has 1 radical (unpaired) electrons. The minimum Gasteiger partial charge on any atom is -2.00 e. The molecule has 0 aromatic rings. The maximum Gasteiger partial charge on any atom is 3.00 e. The van der Waals surface area contributed by atoms with E-state index >= 15 is 0 Å². The Morgan fingerprint density at radius 3 is 0.750 bits per heavy atom. The van der Waals surface area contributed by atoms with Gasteiger partial charge in [0.25, 0.3) is 0 Å². The molecule has 0 rings (SSSR count). The Morgan fingerprint density at radius 2 is 0.750 bits per heavy atom. The first kappa shape index (κ1) is 27.5. The molecule has 0 bridgehead atoms. The van der Waals surface area contributed by atoms with Crippen LogP contribution in [0.25, 0.3) is 0 Å². The minimum absolute atomic E-state index is 0. The average Bonchev–Trinajstić information content (AvgIpc) is 0. The quantitative estimate of drug-likeness (QED) is 0.450. The normalized spacial score (nSPS) is 0. The molecule has 4 heteroatoms. The zero-order valence-electron chi connectivity index (χ0n) is 1.47. The molecule has 4 heavy (non-hydrogen) atoms. The van der Waals surface area contributed by atoms with Crippen molar-refractivity contribution in [2.45, 2.75) is 0 Å². The molecule has 0 aliphatic rings. The number of hydrogen-bond donors (Lipinski definition) is 0. The molecular formula is AgGdSe2. The van der Waals surface area contributed by atoms with Gasteiger partial charge in [-0.1, -0.05) is 0 Å². The largest absolute Gasteiger partial charge is 3.00 e. The molecule has 0 nitrogen and oxygen atoms in total. The molecule has 0 N–H and O–H groups in total. The molecule has 0 saturated carbocycles. The van der Waals surface area contributed by atoms with Gasteiger partial charge in [0.05, 0.1) is 0 Å². The maximum atomic E-state index is 0. The summed E-state index contributed by atoms with van der Waals surface area (Å²) in [4.78, 5) is 0. The molecular weight excluding hydrogens is 423 g/mol. The van der Waals surface area contributed by atoms with E-state index in [2.05, 4.69) is 0 Å². The number of rotatable bonds is 0. The van der Waals surface area contributed by atoms with Crippen LogP contribution < -0.4 is 0 Å². The van der Waals surface area contributed by atoms with Crippen molar-refractivity contribution in [3.05, 3.63) is 0 Å². The Kier molecular flexibility index (Phi) is 113. The van der Waals surface area contributed by atoms with E-state index in [0.29, 0.717) is 0 Å². The van der Waals surface area contributed by atoms with E-state index in [0.717, 1.165) is 0 Å². The zero-order chi connectivity index (χ0) is 0. The van der Waals surface area contributed by atoms with Crippen LogP contribution in [-0.2, 0) is 22.4 Å². The van der Waals surface area contributed by atoms with Crippen LogP contribution >= 0.6 is 0 Å². The molecule has 0 aliphatic carbocycles. The van der Waals surface area contributed by atoms with Gasteiger partial charge in [-0.2, -0.15) is 0 Å². The second-order valence-electron chi connectivity index (χ2n) is 0. The van der Waals surface area contributed by atoms with Crippen molar-refractivity contribution in [2.24, 2.45) is 0 Å². The Balaban J connectivity index is 0. The molecule has 0 amide bonds. The predicted molar refractivity (Wildman–Crippen MR) is 11.5 cm³/mol. The first-order valence-corrected chi connectivity index (χ1v) is 0. The molecule has 31 valence electrons. The van der Waals surface area contributed by atoms with Crippen LogP contribution in [0.2, 0.25) is 0 Å². The van der Waals surface area contributed by atoms with Crippen LogP contribution in [0.4, 0.5) is 0 Å². The Morgan fingerprint density at radius 1 is 0.750 bits per heavy atom. The molecule has 0 aromatic heterocycles. The summed E-state index contributed by atoms with van der Waals surface area (Å²) in [6.07, 6.45) is 0. The van der Waals surface area contributed by atoms with Gasteiger partial charge in [-0.3, -0.25) is 0 Å². The van der Waals surface area contributed by atoms with Gasteiger partial charge in [0.15, 0.2) is 0 Å². The zero-order valence-corrected chi connectivity index (χ0v) is 8.65. The van der Waals surface area contributed by atoms with Gasteiger partial charge in [-0.05, 0) is 0 Å². The van der Waals surface area contributed by atoms with Gasteiger partial charge in [-0.25, -0.2) is 0 Å². The summed E-state index contributed by atoms with van der Waals surface area (Å²) in [5.41, 5.74) is 0. The molecule has 0 fully saturated rings. The minimum atomic E-state index is 0. The van der Waals surface area contributed by atoms with Crippen molar-refractivity contribution in [3.8, 4) is 0 Å². The third-order valence-electron chi connectivity index (χ3n) is 0. The molecule has 0 saturated heterocycles. The van der Waals surface area contributed by atoms with Crippen LogP contribution in [-0.4, -0.2) is 34.1 Å². The molecule has 0 aromatic carbocycles. The SMILES string of the molecule is [Ag+].[Gd+3].[Se-2].[Se-2]. The van der Waals surface area contributed by atoms with Gasteiger partial charge in [0.1, 0.15) is 0 Å². The summed E-state index contributed by atoms with van der Waals surface area (Å²) in [6, 6.07) is 0. The molecule has 0 heterocycles. The van der Waals surface area contributed by atoms with E-state index in [-0.39, 0.29) is 96.5 Å². The first-order chi connectivity index (χ1) is 0. The fraction of sp³-hybridized carbons (Fsp3) is 0. The Hall–Kier alpha value is 3.10. The molecule has 0 atom stereocenters. The van der Waals surface area contributed by atoms with Crippen LogP contribution in [0, 0.1) is 39.9 Å². The molecule has 0 spiro atoms. The number of hydrogen-bond acceptors (Lipinski definition) is 0. The van der Waals surface area contributed by atoms with E-state index in [9.17, 15) is 0 Å². The first-order valence-electron chi connectivity index (χ1n) is 0. The van der Waals surface area contributed by atoms with Crippen LogP contribution in [0.1, 0.15) is 0 Å². The fourth-order valence-electron chi connectivity index (χ4n) is 0. The molecule has 0 unspecified atom stereocenters. The third-order valence-corrected chi connectivity index (χ3v) is 0. The van der Waals surface area contributed by atoms with Crippen molar-refractivity contribution in [2.75, 3.05) is 0 Å². The summed E-state index contributed by atoms with van der Waals surface area (Å²) in [7, 11) is 0. The monoisotopic (exact) mass is 425 g/mol. The Bertz CT molecular complexity index is 6.00. The maximum absolute atomic E-state index is 0. The summed E-state index contributed by atoms with van der Waals surface area (Å²) in [5.74, 6) is 0. The van der Waals surface area contributed by atoms with Gasteiger partial charge in [-0.15, -0.1) is 0 Å². The van der Waals surface area contributed by atoms with Gasteiger partial charge in [0, 0.05) is 0 Å². The summed E-state index contributed by atoms with van der Waals surface area (Å²) in [6.45, 7) is 0. The summed E-state index contributed by atoms with van der Waals surface area (Å²) in [5, 5.41) is 0. The van der Waals surface area contributed by atoms with Crippen molar-refractivity contribution >= 4 is 34.1 Å². The van der Waals surface area contributed by atoms with Crippen molar-refractivity contribution in [1.29, 1.82) is 0 Å². The van der Waals surface area contributed by atoms with Crippen molar-refractivity contribution in [1.82, 2.24) is 0 Å². The van der Waals surface area contributed by atoms with Crippen LogP contribution in [0.3, 0.4) is 0 Å². The van der Waals surface area contributed by atoms with E-state index in [1.165, 1.54) is 0 Å². The van der Waals surface area contributed by atoms with Gasteiger partial charge in [0.2, 0.25) is 0 Å². The standard InChI is InChI=1S/Ag.Gd.2Se/q+1;+3;2*-2. The van der Waals surface area contributed by atoms with Crippen LogP contribution in [0.5, 0.6) is 0 Å². The topological polar surface area (TPSA) is 0 Å². The van der Waals surface area contributed by atoms with E-state index in [1.54, 1.807) is 0 Å². The second-order valence-corrected chi connectivity index (χ2v) is 0. The summed E-state index contributed by atoms with van der Waals surface area (Å²) >= 11 is 0. The third kappa shape index (κ3) is 8.92. The van der Waals surface area contributed by atoms with Crippen LogP contribution in [0.15, 0.2) is 0 Å². The van der Waals surface area contributed by atoms with Gasteiger partial charge >= 0.3 is 62.3 Å². The second kappa shape index (κ2) is 16.5. The fourth-order valence-corrected chi connectivity index (χ4v) is 0. The molecule has 0 aliphatic heterocycles. The van der Waals surface area contributed by atoms with Crippen molar-refractivity contribution < 1.29 is 62.3 Å². The smallest absolute Gasteiger partial charge is 2.00 e. The van der Waals surface area contributed by atoms with E-state index in [4.69, 9.17) is 0 Å². The summed E-state index contributed by atoms with van der Waals surface area (Å²) < 4.78 is 0. The predicted octanol–water partition coefficient (Wildman–Crippen LogP) is -0.764. The average molecular weight is 423 g/mol. The van der Waals surface area contributed by atoms with Crippen molar-refractivity contribution in [3.63, 3.8) is 0 Å². The van der Waals surface area contributed by atoms with Gasteiger partial charge < -0.3 is 34.1 Å². The van der Waals surface area contributed by atoms with E-state index < -0.39 is 0 Å². The van der Waals surface area contributed by atoms with E-state index in [1.807, 2.05) is 0 Å². The Labute approximate surface area is 94.4 Å².